The third kappa shape index (κ3) is 4.45. The number of ether oxygens (including phenoxy) is 1. The lowest BCUT2D eigenvalue weighted by Gasteiger charge is -2.09. The second-order valence-corrected chi connectivity index (χ2v) is 3.57. The van der Waals surface area contributed by atoms with Crippen LogP contribution < -0.4 is 10.1 Å². The van der Waals surface area contributed by atoms with Gasteiger partial charge in [0.05, 0.1) is 6.61 Å². The van der Waals surface area contributed by atoms with Crippen molar-refractivity contribution < 1.29 is 4.74 Å². The van der Waals surface area contributed by atoms with Crippen LogP contribution in [0.2, 0.25) is 0 Å². The van der Waals surface area contributed by atoms with E-state index >= 15 is 0 Å². The van der Waals surface area contributed by atoms with Gasteiger partial charge in [0.1, 0.15) is 0 Å². The molecule has 3 heteroatoms. The molecule has 0 bridgehead atoms. The zero-order valence-corrected chi connectivity index (χ0v) is 9.91. The third-order valence-electron chi connectivity index (χ3n) is 2.15. The van der Waals surface area contributed by atoms with Crippen molar-refractivity contribution in [2.24, 2.45) is 0 Å². The van der Waals surface area contributed by atoms with Crippen molar-refractivity contribution in [2.45, 2.75) is 26.3 Å². The highest BCUT2D eigenvalue weighted by molar-refractivity contribution is 5.25. The Bertz CT molecular complexity index is 313. The fourth-order valence-corrected chi connectivity index (χ4v) is 1.33. The molecule has 1 N–H and O–H groups in total. The number of pyridine rings is 1. The van der Waals surface area contributed by atoms with Crippen LogP contribution in [0.1, 0.15) is 25.3 Å². The summed E-state index contributed by atoms with van der Waals surface area (Å²) in [4.78, 5) is 4.23. The first-order valence-corrected chi connectivity index (χ1v) is 5.76. The van der Waals surface area contributed by atoms with Gasteiger partial charge in [-0.3, -0.25) is 0 Å². The maximum atomic E-state index is 5.59. The van der Waals surface area contributed by atoms with Crippen LogP contribution in [-0.4, -0.2) is 18.1 Å². The second kappa shape index (κ2) is 7.88. The molecule has 0 aliphatic rings. The van der Waals surface area contributed by atoms with Crippen LogP contribution in [0, 0.1) is 0 Å². The molecular weight excluding hydrogens is 200 g/mol. The molecule has 1 aromatic rings. The average molecular weight is 220 g/mol. The Hall–Kier alpha value is -1.35. The Kier molecular flexibility index (Phi) is 6.26. The normalized spacial score (nSPS) is 10.1. The smallest absolute Gasteiger partial charge is 0.217 e. The van der Waals surface area contributed by atoms with Gasteiger partial charge in [-0.15, -0.1) is 6.58 Å². The van der Waals surface area contributed by atoms with Crippen molar-refractivity contribution in [1.29, 1.82) is 0 Å². The lowest BCUT2D eigenvalue weighted by Crippen LogP contribution is -2.15. The van der Waals surface area contributed by atoms with E-state index in [0.717, 1.165) is 37.4 Å². The predicted octanol–water partition coefficient (Wildman–Crippen LogP) is 2.54. The summed E-state index contributed by atoms with van der Waals surface area (Å²) in [6.45, 7) is 8.28. The van der Waals surface area contributed by atoms with E-state index in [4.69, 9.17) is 4.74 Å². The van der Waals surface area contributed by atoms with E-state index in [1.165, 1.54) is 0 Å². The predicted molar refractivity (Wildman–Crippen MR) is 66.5 cm³/mol. The van der Waals surface area contributed by atoms with Crippen LogP contribution in [0.25, 0.3) is 0 Å². The molecule has 0 radical (unpaired) electrons. The van der Waals surface area contributed by atoms with Crippen LogP contribution in [0.4, 0.5) is 0 Å². The molecule has 0 aromatic carbocycles. The van der Waals surface area contributed by atoms with E-state index in [1.807, 2.05) is 18.2 Å². The minimum Gasteiger partial charge on any atom is -0.477 e. The summed E-state index contributed by atoms with van der Waals surface area (Å²) in [5, 5.41) is 3.34. The van der Waals surface area contributed by atoms with Crippen LogP contribution in [-0.2, 0) is 6.54 Å². The summed E-state index contributed by atoms with van der Waals surface area (Å²) in [6, 6.07) is 3.97. The van der Waals surface area contributed by atoms with Gasteiger partial charge >= 0.3 is 0 Å². The Balaban J connectivity index is 2.49. The van der Waals surface area contributed by atoms with Crippen molar-refractivity contribution in [3.63, 3.8) is 0 Å². The van der Waals surface area contributed by atoms with E-state index in [2.05, 4.69) is 23.8 Å². The Morgan fingerprint density at radius 3 is 3.19 bits per heavy atom. The first-order chi connectivity index (χ1) is 7.88. The van der Waals surface area contributed by atoms with Gasteiger partial charge in [0.25, 0.3) is 0 Å². The summed E-state index contributed by atoms with van der Waals surface area (Å²) in [5.41, 5.74) is 1.11. The molecule has 16 heavy (non-hydrogen) atoms. The number of nitrogens with one attached hydrogen (secondary N) is 1. The SMILES string of the molecule is C=CCCOc1ncccc1CNCCC. The van der Waals surface area contributed by atoms with E-state index in [0.29, 0.717) is 6.61 Å². The number of hydrogen-bond acceptors (Lipinski definition) is 3. The van der Waals surface area contributed by atoms with Crippen molar-refractivity contribution >= 4 is 0 Å². The molecule has 88 valence electrons. The van der Waals surface area contributed by atoms with Gasteiger partial charge < -0.3 is 10.1 Å². The number of hydrogen-bond donors (Lipinski definition) is 1. The Morgan fingerprint density at radius 2 is 2.44 bits per heavy atom. The van der Waals surface area contributed by atoms with Crippen LogP contribution in [0.15, 0.2) is 31.0 Å². The zero-order valence-electron chi connectivity index (χ0n) is 9.91. The highest BCUT2D eigenvalue weighted by Crippen LogP contribution is 2.14. The van der Waals surface area contributed by atoms with Gasteiger partial charge in [-0.25, -0.2) is 4.98 Å². The fourth-order valence-electron chi connectivity index (χ4n) is 1.33. The zero-order chi connectivity index (χ0) is 11.6. The van der Waals surface area contributed by atoms with E-state index < -0.39 is 0 Å². The molecule has 0 unspecified atom stereocenters. The fraction of sp³-hybridized carbons (Fsp3) is 0.462. The second-order valence-electron chi connectivity index (χ2n) is 3.57. The molecule has 0 fully saturated rings. The highest BCUT2D eigenvalue weighted by atomic mass is 16.5. The highest BCUT2D eigenvalue weighted by Gasteiger charge is 2.03. The molecule has 0 saturated carbocycles. The molecule has 1 aromatic heterocycles. The minimum absolute atomic E-state index is 0.640. The Labute approximate surface area is 97.5 Å². The maximum absolute atomic E-state index is 5.59. The molecule has 0 aliphatic heterocycles. The van der Waals surface area contributed by atoms with Crippen molar-refractivity contribution in [3.8, 4) is 5.88 Å². The average Bonchev–Trinajstić information content (AvgIpc) is 2.32. The molecule has 1 rings (SSSR count). The lowest BCUT2D eigenvalue weighted by atomic mass is 10.2. The van der Waals surface area contributed by atoms with Crippen molar-refractivity contribution in [2.75, 3.05) is 13.2 Å². The van der Waals surface area contributed by atoms with Crippen LogP contribution in [0.5, 0.6) is 5.88 Å². The molecule has 0 saturated heterocycles. The number of rotatable bonds is 8. The van der Waals surface area contributed by atoms with Gasteiger partial charge in [0, 0.05) is 18.3 Å². The number of nitrogens with zero attached hydrogens (tertiary/aromatic N) is 1. The standard InChI is InChI=1S/C13H20N2O/c1-3-5-10-16-13-12(7-6-9-15-13)11-14-8-4-2/h3,6-7,9,14H,1,4-5,8,10-11H2,2H3. The van der Waals surface area contributed by atoms with E-state index in [1.54, 1.807) is 6.20 Å². The molecule has 0 spiro atoms. The molecule has 1 heterocycles. The molecule has 0 atom stereocenters. The summed E-state index contributed by atoms with van der Waals surface area (Å²) in [7, 11) is 0. The van der Waals surface area contributed by atoms with Crippen molar-refractivity contribution in [1.82, 2.24) is 10.3 Å². The maximum Gasteiger partial charge on any atom is 0.217 e. The lowest BCUT2D eigenvalue weighted by molar-refractivity contribution is 0.308. The van der Waals surface area contributed by atoms with E-state index in [9.17, 15) is 0 Å². The molecule has 3 nitrogen and oxygen atoms in total. The third-order valence-corrected chi connectivity index (χ3v) is 2.15. The summed E-state index contributed by atoms with van der Waals surface area (Å²) >= 11 is 0. The largest absolute Gasteiger partial charge is 0.477 e. The van der Waals surface area contributed by atoms with Crippen LogP contribution in [0.3, 0.4) is 0 Å². The molecule has 0 aliphatic carbocycles. The molecule has 0 amide bonds. The quantitative estimate of drug-likeness (QED) is 0.540. The summed E-state index contributed by atoms with van der Waals surface area (Å²) < 4.78 is 5.59. The molecular formula is C13H20N2O. The summed E-state index contributed by atoms with van der Waals surface area (Å²) in [5.74, 6) is 0.730. The van der Waals surface area contributed by atoms with Gasteiger partial charge in [0.2, 0.25) is 5.88 Å². The van der Waals surface area contributed by atoms with Gasteiger partial charge in [-0.1, -0.05) is 19.1 Å². The first-order valence-electron chi connectivity index (χ1n) is 5.76. The minimum atomic E-state index is 0.640. The van der Waals surface area contributed by atoms with Crippen LogP contribution >= 0.6 is 0 Å². The number of aromatic nitrogens is 1. The monoisotopic (exact) mass is 220 g/mol. The Morgan fingerprint density at radius 1 is 1.56 bits per heavy atom. The van der Waals surface area contributed by atoms with Crippen molar-refractivity contribution in [3.05, 3.63) is 36.5 Å². The van der Waals surface area contributed by atoms with E-state index in [-0.39, 0.29) is 0 Å². The first kappa shape index (κ1) is 12.7. The topological polar surface area (TPSA) is 34.1 Å². The van der Waals surface area contributed by atoms with Gasteiger partial charge in [-0.2, -0.15) is 0 Å². The van der Waals surface area contributed by atoms with Gasteiger partial charge in [-0.05, 0) is 25.5 Å². The van der Waals surface area contributed by atoms with Gasteiger partial charge in [0.15, 0.2) is 0 Å². The summed E-state index contributed by atoms with van der Waals surface area (Å²) in [6.07, 6.45) is 5.58.